The van der Waals surface area contributed by atoms with Crippen molar-refractivity contribution in [2.24, 2.45) is 0 Å². The zero-order valence-corrected chi connectivity index (χ0v) is 10.2. The van der Waals surface area contributed by atoms with Gasteiger partial charge in [-0.2, -0.15) is 5.10 Å². The Bertz CT molecular complexity index is 507. The fourth-order valence-corrected chi connectivity index (χ4v) is 1.59. The maximum absolute atomic E-state index is 11.5. The highest BCUT2D eigenvalue weighted by atomic mass is 16.2. The third-order valence-electron chi connectivity index (χ3n) is 2.47. The monoisotopic (exact) mass is 244 g/mol. The quantitative estimate of drug-likeness (QED) is 0.773. The van der Waals surface area contributed by atoms with Crippen molar-refractivity contribution in [3.63, 3.8) is 0 Å². The topological polar surface area (TPSA) is 69.8 Å². The molecule has 2 aromatic rings. The summed E-state index contributed by atoms with van der Waals surface area (Å²) in [4.78, 5) is 11.5. The summed E-state index contributed by atoms with van der Waals surface area (Å²) in [6, 6.07) is 9.31. The van der Waals surface area contributed by atoms with Gasteiger partial charge in [0.15, 0.2) is 0 Å². The lowest BCUT2D eigenvalue weighted by molar-refractivity contribution is 0.252. The number of H-pyrrole nitrogens is 1. The van der Waals surface area contributed by atoms with Crippen LogP contribution in [0.15, 0.2) is 36.5 Å². The number of carbonyl (C=O) groups excluding carboxylic acids is 1. The van der Waals surface area contributed by atoms with Crippen LogP contribution >= 0.6 is 0 Å². The Morgan fingerprint density at radius 2 is 2.28 bits per heavy atom. The Labute approximate surface area is 106 Å². The Kier molecular flexibility index (Phi) is 3.96. The molecule has 94 valence electrons. The SMILES string of the molecule is CCCNC(=O)Nc1cccc(-c2ccn[nH]2)c1. The second-order valence-corrected chi connectivity index (χ2v) is 3.93. The number of aromatic amines is 1. The lowest BCUT2D eigenvalue weighted by Crippen LogP contribution is -2.29. The zero-order chi connectivity index (χ0) is 12.8. The van der Waals surface area contributed by atoms with Gasteiger partial charge in [0.1, 0.15) is 0 Å². The van der Waals surface area contributed by atoms with Gasteiger partial charge in [0.25, 0.3) is 0 Å². The van der Waals surface area contributed by atoms with Crippen LogP contribution in [0.4, 0.5) is 10.5 Å². The molecule has 0 aliphatic rings. The molecular formula is C13H16N4O. The number of hydrogen-bond donors (Lipinski definition) is 3. The zero-order valence-electron chi connectivity index (χ0n) is 10.2. The van der Waals surface area contributed by atoms with Gasteiger partial charge in [0.05, 0.1) is 5.69 Å². The number of urea groups is 1. The molecular weight excluding hydrogens is 228 g/mol. The predicted octanol–water partition coefficient (Wildman–Crippen LogP) is 2.61. The Hall–Kier alpha value is -2.30. The highest BCUT2D eigenvalue weighted by Crippen LogP contribution is 2.20. The molecule has 1 aromatic heterocycles. The van der Waals surface area contributed by atoms with E-state index in [9.17, 15) is 4.79 Å². The molecule has 5 nitrogen and oxygen atoms in total. The van der Waals surface area contributed by atoms with Crippen molar-refractivity contribution in [2.75, 3.05) is 11.9 Å². The molecule has 0 unspecified atom stereocenters. The van der Waals surface area contributed by atoms with Gasteiger partial charge in [0.2, 0.25) is 0 Å². The first-order valence-electron chi connectivity index (χ1n) is 5.94. The summed E-state index contributed by atoms with van der Waals surface area (Å²) in [6.07, 6.45) is 2.62. The number of hydrogen-bond acceptors (Lipinski definition) is 2. The van der Waals surface area contributed by atoms with Crippen molar-refractivity contribution in [3.8, 4) is 11.3 Å². The van der Waals surface area contributed by atoms with Gasteiger partial charge in [-0.25, -0.2) is 4.79 Å². The minimum absolute atomic E-state index is 0.182. The molecule has 2 amide bonds. The number of amides is 2. The van der Waals surface area contributed by atoms with Crippen molar-refractivity contribution in [1.82, 2.24) is 15.5 Å². The first kappa shape index (κ1) is 12.2. The number of nitrogens with one attached hydrogen (secondary N) is 3. The van der Waals surface area contributed by atoms with Gasteiger partial charge in [-0.05, 0) is 24.6 Å². The van der Waals surface area contributed by atoms with Crippen LogP contribution in [-0.4, -0.2) is 22.8 Å². The largest absolute Gasteiger partial charge is 0.338 e. The molecule has 0 fully saturated rings. The van der Waals surface area contributed by atoms with E-state index in [1.165, 1.54) is 0 Å². The van der Waals surface area contributed by atoms with Crippen molar-refractivity contribution in [1.29, 1.82) is 0 Å². The summed E-state index contributed by atoms with van der Waals surface area (Å²) in [5, 5.41) is 12.4. The summed E-state index contributed by atoms with van der Waals surface area (Å²) in [5.41, 5.74) is 2.67. The van der Waals surface area contributed by atoms with Crippen molar-refractivity contribution < 1.29 is 4.79 Å². The molecule has 0 atom stereocenters. The molecule has 0 aliphatic carbocycles. The minimum atomic E-state index is -0.182. The molecule has 0 saturated carbocycles. The van der Waals surface area contributed by atoms with E-state index in [1.54, 1.807) is 6.20 Å². The highest BCUT2D eigenvalue weighted by Gasteiger charge is 2.03. The van der Waals surface area contributed by atoms with Crippen LogP contribution in [0.3, 0.4) is 0 Å². The number of anilines is 1. The van der Waals surface area contributed by atoms with E-state index >= 15 is 0 Å². The van der Waals surface area contributed by atoms with Crippen LogP contribution in [0.25, 0.3) is 11.3 Å². The molecule has 3 N–H and O–H groups in total. The molecule has 2 rings (SSSR count). The lowest BCUT2D eigenvalue weighted by Gasteiger charge is -2.07. The van der Waals surface area contributed by atoms with Crippen LogP contribution < -0.4 is 10.6 Å². The van der Waals surface area contributed by atoms with E-state index in [4.69, 9.17) is 0 Å². The van der Waals surface area contributed by atoms with E-state index < -0.39 is 0 Å². The maximum Gasteiger partial charge on any atom is 0.319 e. The minimum Gasteiger partial charge on any atom is -0.338 e. The third kappa shape index (κ3) is 3.10. The van der Waals surface area contributed by atoms with Gasteiger partial charge < -0.3 is 10.6 Å². The van der Waals surface area contributed by atoms with Crippen molar-refractivity contribution >= 4 is 11.7 Å². The summed E-state index contributed by atoms with van der Waals surface area (Å²) >= 11 is 0. The first-order chi connectivity index (χ1) is 8.79. The summed E-state index contributed by atoms with van der Waals surface area (Å²) < 4.78 is 0. The van der Waals surface area contributed by atoms with Crippen LogP contribution in [0.1, 0.15) is 13.3 Å². The molecule has 5 heteroatoms. The fourth-order valence-electron chi connectivity index (χ4n) is 1.59. The van der Waals surface area contributed by atoms with E-state index in [0.717, 1.165) is 23.4 Å². The lowest BCUT2D eigenvalue weighted by atomic mass is 10.1. The number of nitrogens with zero attached hydrogens (tertiary/aromatic N) is 1. The van der Waals surface area contributed by atoms with Gasteiger partial charge in [-0.3, -0.25) is 5.10 Å². The standard InChI is InChI=1S/C13H16N4O/c1-2-7-14-13(18)16-11-5-3-4-10(9-11)12-6-8-15-17-12/h3-6,8-9H,2,7H2,1H3,(H,15,17)(H2,14,16,18). The van der Waals surface area contributed by atoms with E-state index in [-0.39, 0.29) is 6.03 Å². The summed E-state index contributed by atoms with van der Waals surface area (Å²) in [5.74, 6) is 0. The molecule has 1 heterocycles. The van der Waals surface area contributed by atoms with E-state index in [2.05, 4.69) is 20.8 Å². The van der Waals surface area contributed by atoms with E-state index in [0.29, 0.717) is 6.54 Å². The molecule has 1 aromatic carbocycles. The van der Waals surface area contributed by atoms with Crippen molar-refractivity contribution in [3.05, 3.63) is 36.5 Å². The Morgan fingerprint density at radius 1 is 1.39 bits per heavy atom. The third-order valence-corrected chi connectivity index (χ3v) is 2.47. The van der Waals surface area contributed by atoms with Gasteiger partial charge in [0, 0.05) is 24.0 Å². The smallest absolute Gasteiger partial charge is 0.319 e. The van der Waals surface area contributed by atoms with Gasteiger partial charge in [-0.1, -0.05) is 19.1 Å². The number of carbonyl (C=O) groups is 1. The number of rotatable bonds is 4. The fraction of sp³-hybridized carbons (Fsp3) is 0.231. The van der Waals surface area contributed by atoms with Crippen LogP contribution in [0.5, 0.6) is 0 Å². The summed E-state index contributed by atoms with van der Waals surface area (Å²) in [6.45, 7) is 2.69. The average molecular weight is 244 g/mol. The maximum atomic E-state index is 11.5. The predicted molar refractivity (Wildman–Crippen MR) is 71.3 cm³/mol. The summed E-state index contributed by atoms with van der Waals surface area (Å²) in [7, 11) is 0. The van der Waals surface area contributed by atoms with Crippen LogP contribution in [-0.2, 0) is 0 Å². The van der Waals surface area contributed by atoms with Crippen LogP contribution in [0, 0.1) is 0 Å². The first-order valence-corrected chi connectivity index (χ1v) is 5.94. The molecule has 0 radical (unpaired) electrons. The average Bonchev–Trinajstić information content (AvgIpc) is 2.90. The van der Waals surface area contributed by atoms with Gasteiger partial charge >= 0.3 is 6.03 Å². The Morgan fingerprint density at radius 3 is 3.00 bits per heavy atom. The second-order valence-electron chi connectivity index (χ2n) is 3.93. The number of aromatic nitrogens is 2. The Balaban J connectivity index is 2.06. The highest BCUT2D eigenvalue weighted by molar-refractivity contribution is 5.89. The second kappa shape index (κ2) is 5.86. The van der Waals surface area contributed by atoms with Crippen molar-refractivity contribution in [2.45, 2.75) is 13.3 Å². The molecule has 0 aliphatic heterocycles. The molecule has 0 saturated heterocycles. The van der Waals surface area contributed by atoms with E-state index in [1.807, 2.05) is 37.3 Å². The molecule has 18 heavy (non-hydrogen) atoms. The molecule has 0 bridgehead atoms. The van der Waals surface area contributed by atoms with Crippen LogP contribution in [0.2, 0.25) is 0 Å². The normalized spacial score (nSPS) is 10.1. The van der Waals surface area contributed by atoms with Gasteiger partial charge in [-0.15, -0.1) is 0 Å². The molecule has 0 spiro atoms. The number of benzene rings is 1.